The van der Waals surface area contributed by atoms with Crippen molar-refractivity contribution in [2.45, 2.75) is 0 Å². The summed E-state index contributed by atoms with van der Waals surface area (Å²) in [5.74, 6) is 0. The molecule has 3 heterocycles. The normalized spacial score (nSPS) is 12.2. The van der Waals surface area contributed by atoms with Crippen LogP contribution in [0.3, 0.4) is 0 Å². The van der Waals surface area contributed by atoms with Crippen LogP contribution < -0.4 is 0 Å². The first-order valence-electron chi connectivity index (χ1n) is 22.9. The Morgan fingerprint density at radius 3 is 1.10 bits per heavy atom. The van der Waals surface area contributed by atoms with E-state index in [2.05, 4.69) is 218 Å². The Labute approximate surface area is 393 Å². The largest absolute Gasteiger partial charge is 0.456 e. The van der Waals surface area contributed by atoms with Gasteiger partial charge in [0.05, 0.1) is 0 Å². The second-order valence-corrected chi connectivity index (χ2v) is 19.8. The fourth-order valence-corrected chi connectivity index (χ4v) is 14.0. The van der Waals surface area contributed by atoms with E-state index in [1.807, 2.05) is 22.7 Å². The van der Waals surface area contributed by atoms with Crippen LogP contribution in [0.15, 0.2) is 223 Å². The molecule has 0 amide bonds. The smallest absolute Gasteiger partial charge is 0.136 e. The highest BCUT2D eigenvalue weighted by molar-refractivity contribution is 7.26. The molecule has 0 aliphatic carbocycles. The molecule has 0 bridgehead atoms. The number of thiophene rings is 2. The van der Waals surface area contributed by atoms with Gasteiger partial charge in [-0.15, -0.1) is 22.7 Å². The van der Waals surface area contributed by atoms with Crippen molar-refractivity contribution < 1.29 is 4.42 Å². The van der Waals surface area contributed by atoms with Gasteiger partial charge in [0.1, 0.15) is 11.2 Å². The summed E-state index contributed by atoms with van der Waals surface area (Å²) in [4.78, 5) is 0. The van der Waals surface area contributed by atoms with Gasteiger partial charge in [-0.05, 0) is 107 Å². The van der Waals surface area contributed by atoms with E-state index < -0.39 is 0 Å². The molecule has 15 rings (SSSR count). The maximum absolute atomic E-state index is 6.82. The van der Waals surface area contributed by atoms with E-state index in [9.17, 15) is 0 Å². The predicted molar refractivity (Wildman–Crippen MR) is 291 cm³/mol. The molecule has 0 atom stereocenters. The van der Waals surface area contributed by atoms with Gasteiger partial charge in [0.2, 0.25) is 0 Å². The van der Waals surface area contributed by atoms with Gasteiger partial charge < -0.3 is 4.42 Å². The molecule has 0 unspecified atom stereocenters. The third kappa shape index (κ3) is 5.30. The lowest BCUT2D eigenvalue weighted by molar-refractivity contribution is 0.669. The average Bonchev–Trinajstić information content (AvgIpc) is 4.09. The molecule has 0 aliphatic heterocycles. The Hall–Kier alpha value is -8.08. The number of hydrogen-bond acceptors (Lipinski definition) is 3. The lowest BCUT2D eigenvalue weighted by atomic mass is 9.84. The first-order valence-corrected chi connectivity index (χ1v) is 24.5. The number of furan rings is 1. The highest BCUT2D eigenvalue weighted by atomic mass is 32.1. The van der Waals surface area contributed by atoms with Gasteiger partial charge in [0, 0.05) is 62.2 Å². The van der Waals surface area contributed by atoms with Crippen LogP contribution in [-0.2, 0) is 0 Å². The quantitative estimate of drug-likeness (QED) is 0.161. The molecule has 0 spiro atoms. The Bertz CT molecular complexity index is 4470. The number of benzene rings is 12. The summed E-state index contributed by atoms with van der Waals surface area (Å²) >= 11 is 3.79. The second-order valence-electron chi connectivity index (χ2n) is 17.7. The van der Waals surface area contributed by atoms with Crippen molar-refractivity contribution in [2.24, 2.45) is 0 Å². The highest BCUT2D eigenvalue weighted by Crippen LogP contribution is 2.52. The van der Waals surface area contributed by atoms with Gasteiger partial charge in [-0.2, -0.15) is 0 Å². The van der Waals surface area contributed by atoms with Gasteiger partial charge in [0.25, 0.3) is 0 Å². The van der Waals surface area contributed by atoms with E-state index >= 15 is 0 Å². The molecule has 1 nitrogen and oxygen atoms in total. The molecule has 0 saturated heterocycles. The molecule has 67 heavy (non-hydrogen) atoms. The Kier molecular flexibility index (Phi) is 7.88. The van der Waals surface area contributed by atoms with Gasteiger partial charge in [0.15, 0.2) is 0 Å². The molecule has 12 aromatic carbocycles. The lowest BCUT2D eigenvalue weighted by Gasteiger charge is -2.19. The van der Waals surface area contributed by atoms with Crippen LogP contribution in [0.1, 0.15) is 0 Å². The van der Waals surface area contributed by atoms with Crippen LogP contribution >= 0.6 is 22.7 Å². The topological polar surface area (TPSA) is 13.1 Å². The summed E-state index contributed by atoms with van der Waals surface area (Å²) in [6.07, 6.45) is 0. The van der Waals surface area contributed by atoms with Crippen molar-refractivity contribution in [3.05, 3.63) is 218 Å². The van der Waals surface area contributed by atoms with Crippen molar-refractivity contribution in [2.75, 3.05) is 0 Å². The van der Waals surface area contributed by atoms with Crippen LogP contribution in [0.4, 0.5) is 0 Å². The summed E-state index contributed by atoms with van der Waals surface area (Å²) in [6.45, 7) is 0. The highest BCUT2D eigenvalue weighted by Gasteiger charge is 2.24. The van der Waals surface area contributed by atoms with Crippen molar-refractivity contribution in [1.82, 2.24) is 0 Å². The van der Waals surface area contributed by atoms with Crippen molar-refractivity contribution in [1.29, 1.82) is 0 Å². The van der Waals surface area contributed by atoms with E-state index in [1.165, 1.54) is 128 Å². The standard InChI is InChI=1S/C64H36OS2/c1-3-20-42-40(18-1)58(41-19-2-4-21-43(41)60(42)51-29-13-26-48-38-16-9-11-32-56(38)66-63(48)51)37-34-35-54-53(36-37)62-50(28-15-31-55(62)65-54)59-44-22-5-7-24-46(44)61(47-25-8-6-23-45(47)59)52-30-14-27-49-39-17-10-12-33-57(39)67-64(49)52/h1-36H. The fourth-order valence-electron chi connectivity index (χ4n) is 11.5. The average molecular weight is 885 g/mol. The van der Waals surface area contributed by atoms with Gasteiger partial charge >= 0.3 is 0 Å². The van der Waals surface area contributed by atoms with E-state index in [0.29, 0.717) is 0 Å². The maximum Gasteiger partial charge on any atom is 0.136 e. The van der Waals surface area contributed by atoms with E-state index in [0.717, 1.165) is 21.9 Å². The van der Waals surface area contributed by atoms with Gasteiger partial charge in [-0.3, -0.25) is 0 Å². The monoisotopic (exact) mass is 884 g/mol. The first-order chi connectivity index (χ1) is 33.3. The first kappa shape index (κ1) is 37.2. The minimum Gasteiger partial charge on any atom is -0.456 e. The number of hydrogen-bond donors (Lipinski definition) is 0. The summed E-state index contributed by atoms with van der Waals surface area (Å²) in [6, 6.07) is 80.8. The summed E-state index contributed by atoms with van der Waals surface area (Å²) < 4.78 is 12.1. The van der Waals surface area contributed by atoms with Gasteiger partial charge in [-0.1, -0.05) is 188 Å². The minimum atomic E-state index is 0.884. The van der Waals surface area contributed by atoms with Gasteiger partial charge in [-0.25, -0.2) is 0 Å². The molecular formula is C64H36OS2. The third-order valence-corrected chi connectivity index (χ3v) is 16.7. The predicted octanol–water partition coefficient (Wildman–Crippen LogP) is 19.6. The molecule has 3 heteroatoms. The minimum absolute atomic E-state index is 0.884. The van der Waals surface area contributed by atoms with E-state index in [4.69, 9.17) is 4.42 Å². The van der Waals surface area contributed by atoms with Crippen LogP contribution in [0.25, 0.3) is 150 Å². The van der Waals surface area contributed by atoms with Crippen LogP contribution in [0.5, 0.6) is 0 Å². The molecule has 0 saturated carbocycles. The third-order valence-electron chi connectivity index (χ3n) is 14.3. The maximum atomic E-state index is 6.82. The lowest BCUT2D eigenvalue weighted by Crippen LogP contribution is -1.92. The van der Waals surface area contributed by atoms with Crippen molar-refractivity contribution in [3.63, 3.8) is 0 Å². The Balaban J connectivity index is 0.992. The number of rotatable bonds is 4. The summed E-state index contributed by atoms with van der Waals surface area (Å²) in [5.41, 5.74) is 11.7. The SMILES string of the molecule is c1cc(-c2c3ccccc3c(-c3cccc4c3sc3ccccc34)c3ccccc23)c2c(c1)oc1ccc(-c3c4ccccc4c(-c4cccc5c4sc4ccccc45)c4ccccc34)cc12. The Morgan fingerprint density at radius 1 is 0.254 bits per heavy atom. The van der Waals surface area contributed by atoms with Crippen molar-refractivity contribution >= 4 is 128 Å². The van der Waals surface area contributed by atoms with Crippen LogP contribution in [-0.4, -0.2) is 0 Å². The molecule has 310 valence electrons. The zero-order chi connectivity index (χ0) is 43.7. The van der Waals surface area contributed by atoms with E-state index in [1.54, 1.807) is 0 Å². The van der Waals surface area contributed by atoms with Crippen LogP contribution in [0.2, 0.25) is 0 Å². The number of fused-ring (bicyclic) bond motifs is 13. The van der Waals surface area contributed by atoms with E-state index in [-0.39, 0.29) is 0 Å². The van der Waals surface area contributed by atoms with Crippen LogP contribution in [0, 0.1) is 0 Å². The summed E-state index contributed by atoms with van der Waals surface area (Å²) in [5, 5.41) is 17.4. The molecular weight excluding hydrogens is 849 g/mol. The molecule has 0 fully saturated rings. The molecule has 0 radical (unpaired) electrons. The molecule has 0 N–H and O–H groups in total. The van der Waals surface area contributed by atoms with Crippen molar-refractivity contribution in [3.8, 4) is 44.5 Å². The second kappa shape index (κ2) is 14.2. The zero-order valence-electron chi connectivity index (χ0n) is 36.0. The Morgan fingerprint density at radius 2 is 0.627 bits per heavy atom. The summed E-state index contributed by atoms with van der Waals surface area (Å²) in [7, 11) is 0. The molecule has 3 aromatic heterocycles. The fraction of sp³-hybridized carbons (Fsp3) is 0. The zero-order valence-corrected chi connectivity index (χ0v) is 37.6. The molecule has 0 aliphatic rings. The molecule has 15 aromatic rings.